The van der Waals surface area contributed by atoms with Crippen LogP contribution in [0.3, 0.4) is 0 Å². The third-order valence-corrected chi connectivity index (χ3v) is 5.22. The summed E-state index contributed by atoms with van der Waals surface area (Å²) in [7, 11) is 0. The molecule has 8 nitrogen and oxygen atoms in total. The summed E-state index contributed by atoms with van der Waals surface area (Å²) in [4.78, 5) is 27.7. The van der Waals surface area contributed by atoms with Crippen LogP contribution >= 0.6 is 0 Å². The SMILES string of the molecule is O=C(Nc1cccc(OC(F)F)c1)N1CCN(c2ccnc(N3CCCC3)n2)CC1. The second-order valence-electron chi connectivity index (χ2n) is 7.22. The van der Waals surface area contributed by atoms with Gasteiger partial charge in [0.25, 0.3) is 0 Å². The highest BCUT2D eigenvalue weighted by Gasteiger charge is 2.23. The largest absolute Gasteiger partial charge is 0.435 e. The Labute approximate surface area is 173 Å². The molecule has 0 saturated carbocycles. The van der Waals surface area contributed by atoms with Gasteiger partial charge >= 0.3 is 12.6 Å². The van der Waals surface area contributed by atoms with Gasteiger partial charge < -0.3 is 24.8 Å². The monoisotopic (exact) mass is 418 g/mol. The molecule has 0 atom stereocenters. The number of rotatable bonds is 5. The summed E-state index contributed by atoms with van der Waals surface area (Å²) < 4.78 is 29.1. The molecular formula is C20H24F2N6O2. The molecule has 1 aromatic carbocycles. The molecule has 2 saturated heterocycles. The van der Waals surface area contributed by atoms with Crippen LogP contribution in [0, 0.1) is 0 Å². The highest BCUT2D eigenvalue weighted by Crippen LogP contribution is 2.22. The number of anilines is 3. The minimum absolute atomic E-state index is 0.00480. The van der Waals surface area contributed by atoms with E-state index in [2.05, 4.69) is 24.8 Å². The number of ether oxygens (including phenoxy) is 1. The van der Waals surface area contributed by atoms with E-state index in [9.17, 15) is 13.6 Å². The number of piperazine rings is 1. The summed E-state index contributed by atoms with van der Waals surface area (Å²) in [6.45, 7) is 1.43. The number of urea groups is 1. The van der Waals surface area contributed by atoms with Crippen LogP contribution in [-0.2, 0) is 0 Å². The zero-order valence-corrected chi connectivity index (χ0v) is 16.5. The molecule has 0 unspecified atom stereocenters. The van der Waals surface area contributed by atoms with Gasteiger partial charge in [0.2, 0.25) is 5.95 Å². The number of alkyl halides is 2. The lowest BCUT2D eigenvalue weighted by Crippen LogP contribution is -2.50. The molecule has 30 heavy (non-hydrogen) atoms. The number of nitrogens with zero attached hydrogens (tertiary/aromatic N) is 5. The fourth-order valence-corrected chi connectivity index (χ4v) is 3.68. The number of nitrogens with one attached hydrogen (secondary N) is 1. The molecule has 2 aliphatic rings. The molecule has 4 rings (SSSR count). The van der Waals surface area contributed by atoms with E-state index < -0.39 is 6.61 Å². The summed E-state index contributed by atoms with van der Waals surface area (Å²) in [6, 6.07) is 7.60. The van der Waals surface area contributed by atoms with Gasteiger partial charge in [0, 0.05) is 57.2 Å². The third-order valence-electron chi connectivity index (χ3n) is 5.22. The van der Waals surface area contributed by atoms with E-state index in [1.165, 1.54) is 25.0 Å². The maximum atomic E-state index is 12.5. The standard InChI is InChI=1S/C20H24F2N6O2/c21-18(22)30-16-5-3-4-15(14-16)24-20(29)28-12-10-26(11-13-28)17-6-7-23-19(25-17)27-8-1-2-9-27/h3-7,14,18H,1-2,8-13H2,(H,24,29). The topological polar surface area (TPSA) is 73.8 Å². The minimum atomic E-state index is -2.91. The lowest BCUT2D eigenvalue weighted by molar-refractivity contribution is -0.0497. The Morgan fingerprint density at radius 1 is 1.03 bits per heavy atom. The third kappa shape index (κ3) is 4.87. The van der Waals surface area contributed by atoms with Gasteiger partial charge in [-0.05, 0) is 31.0 Å². The fraction of sp³-hybridized carbons (Fsp3) is 0.450. The van der Waals surface area contributed by atoms with E-state index in [4.69, 9.17) is 4.98 Å². The number of hydrogen-bond donors (Lipinski definition) is 1. The van der Waals surface area contributed by atoms with Crippen molar-refractivity contribution in [3.63, 3.8) is 0 Å². The fourth-order valence-electron chi connectivity index (χ4n) is 3.68. The molecule has 0 radical (unpaired) electrons. The predicted molar refractivity (Wildman–Crippen MR) is 109 cm³/mol. The molecule has 1 N–H and O–H groups in total. The summed E-state index contributed by atoms with van der Waals surface area (Å²) in [5.41, 5.74) is 0.409. The van der Waals surface area contributed by atoms with E-state index in [1.54, 1.807) is 23.2 Å². The van der Waals surface area contributed by atoms with E-state index in [1.807, 2.05) is 6.07 Å². The Hall–Kier alpha value is -3.17. The van der Waals surface area contributed by atoms with Gasteiger partial charge in [0.1, 0.15) is 11.6 Å². The smallest absolute Gasteiger partial charge is 0.387 e. The Balaban J connectivity index is 1.32. The summed E-state index contributed by atoms with van der Waals surface area (Å²) >= 11 is 0. The summed E-state index contributed by atoms with van der Waals surface area (Å²) in [6.07, 6.45) is 4.11. The van der Waals surface area contributed by atoms with Crippen LogP contribution in [0.25, 0.3) is 0 Å². The molecule has 2 aliphatic heterocycles. The van der Waals surface area contributed by atoms with Crippen LogP contribution < -0.4 is 19.9 Å². The van der Waals surface area contributed by atoms with Crippen LogP contribution in [-0.4, -0.2) is 66.8 Å². The maximum absolute atomic E-state index is 12.5. The predicted octanol–water partition coefficient (Wildman–Crippen LogP) is 3.03. The molecule has 10 heteroatoms. The highest BCUT2D eigenvalue weighted by molar-refractivity contribution is 5.89. The molecular weight excluding hydrogens is 394 g/mol. The lowest BCUT2D eigenvalue weighted by Gasteiger charge is -2.35. The average molecular weight is 418 g/mol. The van der Waals surface area contributed by atoms with E-state index in [0.29, 0.717) is 31.9 Å². The quantitative estimate of drug-likeness (QED) is 0.805. The van der Waals surface area contributed by atoms with E-state index in [0.717, 1.165) is 24.9 Å². The van der Waals surface area contributed by atoms with Crippen LogP contribution in [0.4, 0.5) is 31.0 Å². The van der Waals surface area contributed by atoms with Crippen molar-refractivity contribution in [3.8, 4) is 5.75 Å². The molecule has 160 valence electrons. The molecule has 0 spiro atoms. The number of carbonyl (C=O) groups excluding carboxylic acids is 1. The Bertz CT molecular complexity index is 870. The van der Waals surface area contributed by atoms with Crippen molar-refractivity contribution in [1.82, 2.24) is 14.9 Å². The Morgan fingerprint density at radius 3 is 2.53 bits per heavy atom. The van der Waals surface area contributed by atoms with Crippen molar-refractivity contribution in [3.05, 3.63) is 36.5 Å². The second-order valence-corrected chi connectivity index (χ2v) is 7.22. The maximum Gasteiger partial charge on any atom is 0.387 e. The number of benzene rings is 1. The average Bonchev–Trinajstić information content (AvgIpc) is 3.29. The Kier molecular flexibility index (Phi) is 6.10. The molecule has 2 fully saturated rings. The Morgan fingerprint density at radius 2 is 1.80 bits per heavy atom. The summed E-state index contributed by atoms with van der Waals surface area (Å²) in [5, 5.41) is 2.74. The van der Waals surface area contributed by atoms with Crippen LogP contribution in [0.15, 0.2) is 36.5 Å². The van der Waals surface area contributed by atoms with Crippen LogP contribution in [0.1, 0.15) is 12.8 Å². The van der Waals surface area contributed by atoms with Gasteiger partial charge in [0.15, 0.2) is 0 Å². The first-order valence-corrected chi connectivity index (χ1v) is 10.0. The van der Waals surface area contributed by atoms with Crippen LogP contribution in [0.5, 0.6) is 5.75 Å². The molecule has 1 aromatic heterocycles. The first-order chi connectivity index (χ1) is 14.6. The molecule has 0 aliphatic carbocycles. The first-order valence-electron chi connectivity index (χ1n) is 10.0. The molecule has 0 bridgehead atoms. The first kappa shape index (κ1) is 20.1. The second kappa shape index (κ2) is 9.10. The zero-order valence-electron chi connectivity index (χ0n) is 16.5. The minimum Gasteiger partial charge on any atom is -0.435 e. The summed E-state index contributed by atoms with van der Waals surface area (Å²) in [5.74, 6) is 1.63. The number of halogens is 2. The van der Waals surface area contributed by atoms with Gasteiger partial charge in [-0.15, -0.1) is 0 Å². The van der Waals surface area contributed by atoms with Gasteiger partial charge in [-0.3, -0.25) is 0 Å². The van der Waals surface area contributed by atoms with Crippen LogP contribution in [0.2, 0.25) is 0 Å². The molecule has 2 amide bonds. The van der Waals surface area contributed by atoms with Crippen molar-refractivity contribution >= 4 is 23.5 Å². The van der Waals surface area contributed by atoms with Gasteiger partial charge in [-0.25, -0.2) is 9.78 Å². The number of amides is 2. The normalized spacial score (nSPS) is 16.8. The highest BCUT2D eigenvalue weighted by atomic mass is 19.3. The van der Waals surface area contributed by atoms with Gasteiger partial charge in [0.05, 0.1) is 0 Å². The van der Waals surface area contributed by atoms with Crippen molar-refractivity contribution in [2.24, 2.45) is 0 Å². The number of hydrogen-bond acceptors (Lipinski definition) is 6. The van der Waals surface area contributed by atoms with E-state index >= 15 is 0 Å². The van der Waals surface area contributed by atoms with Crippen molar-refractivity contribution < 1.29 is 18.3 Å². The number of carbonyl (C=O) groups is 1. The van der Waals surface area contributed by atoms with Crippen molar-refractivity contribution in [2.45, 2.75) is 19.5 Å². The molecule has 3 heterocycles. The lowest BCUT2D eigenvalue weighted by atomic mass is 10.3. The number of aromatic nitrogens is 2. The molecule has 2 aromatic rings. The van der Waals surface area contributed by atoms with E-state index in [-0.39, 0.29) is 11.8 Å². The van der Waals surface area contributed by atoms with Crippen molar-refractivity contribution in [1.29, 1.82) is 0 Å². The van der Waals surface area contributed by atoms with Gasteiger partial charge in [-0.2, -0.15) is 13.8 Å². The van der Waals surface area contributed by atoms with Gasteiger partial charge in [-0.1, -0.05) is 6.07 Å². The zero-order chi connectivity index (χ0) is 20.9. The van der Waals surface area contributed by atoms with Crippen molar-refractivity contribution in [2.75, 3.05) is 54.4 Å².